The van der Waals surface area contributed by atoms with Gasteiger partial charge in [-0.1, -0.05) is 0 Å². The van der Waals surface area contributed by atoms with Crippen molar-refractivity contribution < 1.29 is 14.7 Å². The summed E-state index contributed by atoms with van der Waals surface area (Å²) in [5.74, 6) is -0.946. The summed E-state index contributed by atoms with van der Waals surface area (Å²) in [6.45, 7) is 3.55. The van der Waals surface area contributed by atoms with Gasteiger partial charge in [-0.25, -0.2) is 0 Å². The highest BCUT2D eigenvalue weighted by Crippen LogP contribution is 2.32. The molecule has 2 atom stereocenters. The van der Waals surface area contributed by atoms with E-state index in [-0.39, 0.29) is 17.7 Å². The van der Waals surface area contributed by atoms with Crippen LogP contribution in [0, 0.1) is 11.8 Å². The van der Waals surface area contributed by atoms with Crippen LogP contribution in [-0.2, 0) is 9.59 Å². The summed E-state index contributed by atoms with van der Waals surface area (Å²) >= 11 is 0. The highest BCUT2D eigenvalue weighted by Gasteiger charge is 2.35. The molecule has 1 saturated heterocycles. The van der Waals surface area contributed by atoms with E-state index in [1.54, 1.807) is 0 Å². The fourth-order valence-electron chi connectivity index (χ4n) is 2.96. The predicted octanol–water partition coefficient (Wildman–Crippen LogP) is 0.651. The van der Waals surface area contributed by atoms with E-state index < -0.39 is 5.97 Å². The molecule has 102 valence electrons. The minimum atomic E-state index is -0.749. The molecule has 18 heavy (non-hydrogen) atoms. The average molecular weight is 254 g/mol. The largest absolute Gasteiger partial charge is 0.481 e. The van der Waals surface area contributed by atoms with Crippen LogP contribution < -0.4 is 0 Å². The Morgan fingerprint density at radius 2 is 1.78 bits per heavy atom. The first-order valence-corrected chi connectivity index (χ1v) is 6.78. The maximum absolute atomic E-state index is 12.3. The average Bonchev–Trinajstić information content (AvgIpc) is 2.73. The van der Waals surface area contributed by atoms with Crippen molar-refractivity contribution in [2.75, 3.05) is 33.2 Å². The van der Waals surface area contributed by atoms with Crippen LogP contribution in [0.1, 0.15) is 25.7 Å². The van der Waals surface area contributed by atoms with Gasteiger partial charge in [0.05, 0.1) is 5.92 Å². The first kappa shape index (κ1) is 13.3. The Balaban J connectivity index is 1.89. The summed E-state index contributed by atoms with van der Waals surface area (Å²) in [4.78, 5) is 27.4. The summed E-state index contributed by atoms with van der Waals surface area (Å²) in [5, 5.41) is 8.97. The molecule has 0 aromatic heterocycles. The second-order valence-corrected chi connectivity index (χ2v) is 5.53. The van der Waals surface area contributed by atoms with Crippen LogP contribution in [0.15, 0.2) is 0 Å². The number of carboxylic acids is 1. The number of amides is 1. The number of carbonyl (C=O) groups excluding carboxylic acids is 1. The molecular weight excluding hydrogens is 232 g/mol. The Morgan fingerprint density at radius 3 is 2.44 bits per heavy atom. The van der Waals surface area contributed by atoms with E-state index in [1.807, 2.05) is 4.90 Å². The second-order valence-electron chi connectivity index (χ2n) is 5.53. The van der Waals surface area contributed by atoms with Gasteiger partial charge in [-0.3, -0.25) is 9.59 Å². The Labute approximate surface area is 108 Å². The monoisotopic (exact) mass is 254 g/mol. The molecule has 0 bridgehead atoms. The van der Waals surface area contributed by atoms with Gasteiger partial charge in [-0.15, -0.1) is 0 Å². The normalized spacial score (nSPS) is 30.2. The van der Waals surface area contributed by atoms with Crippen molar-refractivity contribution in [2.45, 2.75) is 25.7 Å². The van der Waals surface area contributed by atoms with Gasteiger partial charge in [-0.05, 0) is 39.3 Å². The number of carboxylic acid groups (broad SMARTS) is 1. The zero-order chi connectivity index (χ0) is 13.1. The van der Waals surface area contributed by atoms with E-state index in [0.29, 0.717) is 12.8 Å². The quantitative estimate of drug-likeness (QED) is 0.786. The van der Waals surface area contributed by atoms with Crippen molar-refractivity contribution in [1.29, 1.82) is 0 Å². The van der Waals surface area contributed by atoms with Gasteiger partial charge >= 0.3 is 5.97 Å². The summed E-state index contributed by atoms with van der Waals surface area (Å²) in [5.41, 5.74) is 0. The number of aliphatic carboxylic acids is 1. The highest BCUT2D eigenvalue weighted by molar-refractivity contribution is 5.81. The van der Waals surface area contributed by atoms with Gasteiger partial charge in [0.1, 0.15) is 0 Å². The van der Waals surface area contributed by atoms with Crippen LogP contribution in [0.3, 0.4) is 0 Å². The zero-order valence-electron chi connectivity index (χ0n) is 11.0. The molecule has 1 saturated carbocycles. The minimum absolute atomic E-state index is 0.0606. The van der Waals surface area contributed by atoms with Crippen molar-refractivity contribution >= 4 is 11.9 Å². The topological polar surface area (TPSA) is 60.9 Å². The van der Waals surface area contributed by atoms with E-state index in [4.69, 9.17) is 5.11 Å². The molecule has 2 rings (SSSR count). The Hall–Kier alpha value is -1.10. The van der Waals surface area contributed by atoms with E-state index >= 15 is 0 Å². The summed E-state index contributed by atoms with van der Waals surface area (Å²) < 4.78 is 0. The van der Waals surface area contributed by atoms with Crippen molar-refractivity contribution in [3.63, 3.8) is 0 Å². The van der Waals surface area contributed by atoms with E-state index in [9.17, 15) is 9.59 Å². The van der Waals surface area contributed by atoms with Gasteiger partial charge in [0.2, 0.25) is 5.91 Å². The lowest BCUT2D eigenvalue weighted by molar-refractivity contribution is -0.141. The van der Waals surface area contributed by atoms with Gasteiger partial charge in [0, 0.05) is 25.6 Å². The summed E-state index contributed by atoms with van der Waals surface area (Å²) in [6.07, 6.45) is 2.93. The molecule has 0 aromatic rings. The number of nitrogens with zero attached hydrogens (tertiary/aromatic N) is 2. The number of hydrogen-bond donors (Lipinski definition) is 1. The zero-order valence-corrected chi connectivity index (χ0v) is 11.0. The molecule has 1 aliphatic heterocycles. The molecular formula is C13H22N2O3. The molecule has 2 unspecified atom stereocenters. The highest BCUT2D eigenvalue weighted by atomic mass is 16.4. The van der Waals surface area contributed by atoms with Crippen LogP contribution in [0.25, 0.3) is 0 Å². The third kappa shape index (κ3) is 3.02. The second kappa shape index (κ2) is 5.69. The van der Waals surface area contributed by atoms with Crippen LogP contribution in [0.2, 0.25) is 0 Å². The molecule has 0 spiro atoms. The van der Waals surface area contributed by atoms with Crippen LogP contribution >= 0.6 is 0 Å². The first-order valence-electron chi connectivity index (χ1n) is 6.78. The maximum Gasteiger partial charge on any atom is 0.306 e. The molecule has 0 aromatic carbocycles. The third-order valence-electron chi connectivity index (χ3n) is 4.16. The Morgan fingerprint density at radius 1 is 1.06 bits per heavy atom. The smallest absolute Gasteiger partial charge is 0.306 e. The van der Waals surface area contributed by atoms with Gasteiger partial charge in [0.15, 0.2) is 0 Å². The number of rotatable bonds is 2. The SMILES string of the molecule is CN1CCCN(C(=O)C2CCC(C(=O)O)C2)CC1. The van der Waals surface area contributed by atoms with Crippen molar-refractivity contribution in [3.05, 3.63) is 0 Å². The lowest BCUT2D eigenvalue weighted by atomic mass is 10.0. The molecule has 2 fully saturated rings. The molecule has 0 radical (unpaired) electrons. The fraction of sp³-hybridized carbons (Fsp3) is 0.846. The van der Waals surface area contributed by atoms with E-state index in [2.05, 4.69) is 11.9 Å². The molecule has 1 heterocycles. The maximum atomic E-state index is 12.3. The standard InChI is InChI=1S/C13H22N2O3/c1-14-5-2-6-15(8-7-14)12(16)10-3-4-11(9-10)13(17)18/h10-11H,2-9H2,1H3,(H,17,18). The Kier molecular flexibility index (Phi) is 4.22. The third-order valence-corrected chi connectivity index (χ3v) is 4.16. The van der Waals surface area contributed by atoms with E-state index in [0.717, 1.165) is 39.0 Å². The molecule has 1 amide bonds. The molecule has 5 heteroatoms. The van der Waals surface area contributed by atoms with Crippen LogP contribution in [-0.4, -0.2) is 60.0 Å². The predicted molar refractivity (Wildman–Crippen MR) is 67.2 cm³/mol. The summed E-state index contributed by atoms with van der Waals surface area (Å²) in [7, 11) is 2.07. The lowest BCUT2D eigenvalue weighted by Gasteiger charge is -2.24. The van der Waals surface area contributed by atoms with Gasteiger partial charge in [0.25, 0.3) is 0 Å². The molecule has 2 aliphatic rings. The fourth-order valence-corrected chi connectivity index (χ4v) is 2.96. The lowest BCUT2D eigenvalue weighted by Crippen LogP contribution is -2.38. The van der Waals surface area contributed by atoms with E-state index in [1.165, 1.54) is 0 Å². The van der Waals surface area contributed by atoms with Crippen molar-refractivity contribution in [1.82, 2.24) is 9.80 Å². The van der Waals surface area contributed by atoms with Gasteiger partial charge in [-0.2, -0.15) is 0 Å². The van der Waals surface area contributed by atoms with Crippen LogP contribution in [0.5, 0.6) is 0 Å². The molecule has 1 aliphatic carbocycles. The number of carbonyl (C=O) groups is 2. The van der Waals surface area contributed by atoms with Crippen molar-refractivity contribution in [3.8, 4) is 0 Å². The first-order chi connectivity index (χ1) is 8.58. The van der Waals surface area contributed by atoms with Crippen LogP contribution in [0.4, 0.5) is 0 Å². The Bertz CT molecular complexity index is 332. The molecule has 1 N–H and O–H groups in total. The molecule has 5 nitrogen and oxygen atoms in total. The number of likely N-dealkylation sites (N-methyl/N-ethyl adjacent to an activating group) is 1. The van der Waals surface area contributed by atoms with Crippen molar-refractivity contribution in [2.24, 2.45) is 11.8 Å². The number of hydrogen-bond acceptors (Lipinski definition) is 3. The van der Waals surface area contributed by atoms with Gasteiger partial charge < -0.3 is 14.9 Å². The minimum Gasteiger partial charge on any atom is -0.481 e. The summed E-state index contributed by atoms with van der Waals surface area (Å²) in [6, 6.07) is 0.